The second kappa shape index (κ2) is 12.1. The Bertz CT molecular complexity index is 599. The van der Waals surface area contributed by atoms with Gasteiger partial charge in [-0.2, -0.15) is 0 Å². The Morgan fingerprint density at radius 1 is 0.741 bits per heavy atom. The number of hydrogen-bond donors (Lipinski definition) is 2. The number of rotatable bonds is 13. The molecule has 1 aromatic rings. The van der Waals surface area contributed by atoms with Gasteiger partial charge in [0, 0.05) is 0 Å². The normalized spacial score (nSPS) is 10.5. The van der Waals surface area contributed by atoms with Gasteiger partial charge in [-0.15, -0.1) is 0 Å². The molecule has 0 spiro atoms. The predicted molar refractivity (Wildman–Crippen MR) is 102 cm³/mol. The molecular formula is C20H32O7. The van der Waals surface area contributed by atoms with E-state index >= 15 is 0 Å². The fourth-order valence-electron chi connectivity index (χ4n) is 2.31. The van der Waals surface area contributed by atoms with Crippen molar-refractivity contribution in [3.63, 3.8) is 0 Å². The van der Waals surface area contributed by atoms with Gasteiger partial charge in [-0.3, -0.25) is 0 Å². The quantitative estimate of drug-likeness (QED) is 0.295. The maximum absolute atomic E-state index is 12.2. The lowest BCUT2D eigenvalue weighted by molar-refractivity contribution is 0.0589. The smallest absolute Gasteiger partial charge is 0.345 e. The molecular weight excluding hydrogens is 352 g/mol. The summed E-state index contributed by atoms with van der Waals surface area (Å²) in [5, 5.41) is 20.8. The molecule has 0 atom stereocenters. The maximum Gasteiger partial charge on any atom is 0.345 e. The van der Waals surface area contributed by atoms with Crippen LogP contribution >= 0.6 is 0 Å². The lowest BCUT2D eigenvalue weighted by Gasteiger charge is -2.21. The van der Waals surface area contributed by atoms with Crippen LogP contribution in [0.1, 0.15) is 69.7 Å². The summed E-state index contributed by atoms with van der Waals surface area (Å²) in [6.45, 7) is 7.06. The third kappa shape index (κ3) is 6.12. The van der Waals surface area contributed by atoms with E-state index in [0.717, 1.165) is 38.5 Å². The summed E-state index contributed by atoms with van der Waals surface area (Å²) in [6, 6.07) is 0. The summed E-state index contributed by atoms with van der Waals surface area (Å²) in [5.41, 5.74) is -0.263. The topological polar surface area (TPSA) is 94.5 Å². The number of methoxy groups -OCH3 is 1. The van der Waals surface area contributed by atoms with Gasteiger partial charge in [-0.05, 0) is 19.3 Å². The van der Waals surface area contributed by atoms with Gasteiger partial charge < -0.3 is 29.2 Å². The van der Waals surface area contributed by atoms with Crippen molar-refractivity contribution in [1.82, 2.24) is 0 Å². The molecule has 0 aliphatic rings. The van der Waals surface area contributed by atoms with Crippen LogP contribution in [0.4, 0.5) is 0 Å². The second-order valence-electron chi connectivity index (χ2n) is 6.16. The lowest BCUT2D eigenvalue weighted by Crippen LogP contribution is -2.12. The highest BCUT2D eigenvalue weighted by molar-refractivity contribution is 5.99. The summed E-state index contributed by atoms with van der Waals surface area (Å²) >= 11 is 0. The maximum atomic E-state index is 12.2. The number of phenols is 2. The summed E-state index contributed by atoms with van der Waals surface area (Å²) in [5.74, 6) is -1.88. The number of carbonyl (C=O) groups is 1. The summed E-state index contributed by atoms with van der Waals surface area (Å²) < 4.78 is 22.0. The van der Waals surface area contributed by atoms with Gasteiger partial charge in [-0.25, -0.2) is 4.79 Å². The third-order valence-corrected chi connectivity index (χ3v) is 3.94. The monoisotopic (exact) mass is 384 g/mol. The van der Waals surface area contributed by atoms with Crippen molar-refractivity contribution in [3.05, 3.63) is 5.56 Å². The van der Waals surface area contributed by atoms with Crippen LogP contribution in [0.3, 0.4) is 0 Å². The van der Waals surface area contributed by atoms with Gasteiger partial charge in [0.2, 0.25) is 17.2 Å². The van der Waals surface area contributed by atoms with Crippen molar-refractivity contribution in [2.45, 2.75) is 59.3 Å². The van der Waals surface area contributed by atoms with Crippen LogP contribution < -0.4 is 14.2 Å². The zero-order valence-electron chi connectivity index (χ0n) is 16.8. The van der Waals surface area contributed by atoms with E-state index in [0.29, 0.717) is 19.8 Å². The van der Waals surface area contributed by atoms with E-state index in [1.165, 1.54) is 7.11 Å². The lowest BCUT2D eigenvalue weighted by atomic mass is 10.1. The van der Waals surface area contributed by atoms with E-state index in [9.17, 15) is 15.0 Å². The SMILES string of the molecule is CCCCOc1c(O)c(O)c(C(=O)OC)c(OCCCC)c1OCCCC. The molecule has 154 valence electrons. The number of carbonyl (C=O) groups excluding carboxylic acids is 1. The zero-order chi connectivity index (χ0) is 20.2. The first-order chi connectivity index (χ1) is 13.0. The molecule has 0 amide bonds. The van der Waals surface area contributed by atoms with Crippen molar-refractivity contribution < 1.29 is 34.0 Å². The third-order valence-electron chi connectivity index (χ3n) is 3.94. The van der Waals surface area contributed by atoms with E-state index in [1.807, 2.05) is 20.8 Å². The Hall–Kier alpha value is -2.31. The number of hydrogen-bond acceptors (Lipinski definition) is 7. The minimum atomic E-state index is -0.824. The van der Waals surface area contributed by atoms with E-state index < -0.39 is 17.5 Å². The molecule has 0 aliphatic carbocycles. The predicted octanol–water partition coefficient (Wildman–Crippen LogP) is 4.42. The highest BCUT2D eigenvalue weighted by Gasteiger charge is 2.32. The first kappa shape index (κ1) is 22.7. The number of aromatic hydroxyl groups is 2. The van der Waals surface area contributed by atoms with Crippen molar-refractivity contribution in [2.75, 3.05) is 26.9 Å². The minimum Gasteiger partial charge on any atom is -0.503 e. The zero-order valence-corrected chi connectivity index (χ0v) is 16.8. The Morgan fingerprint density at radius 2 is 1.19 bits per heavy atom. The number of unbranched alkanes of at least 4 members (excludes halogenated alkanes) is 3. The Morgan fingerprint density at radius 3 is 1.63 bits per heavy atom. The number of ether oxygens (including phenoxy) is 4. The summed E-state index contributed by atoms with van der Waals surface area (Å²) in [4.78, 5) is 12.2. The molecule has 0 radical (unpaired) electrons. The van der Waals surface area contributed by atoms with E-state index in [1.54, 1.807) is 0 Å². The van der Waals surface area contributed by atoms with Gasteiger partial charge in [0.15, 0.2) is 17.1 Å². The number of phenolic OH excluding ortho intramolecular Hbond substituents is 2. The van der Waals surface area contributed by atoms with Crippen molar-refractivity contribution >= 4 is 5.97 Å². The molecule has 1 aromatic carbocycles. The molecule has 1 rings (SSSR count). The van der Waals surface area contributed by atoms with E-state index in [4.69, 9.17) is 18.9 Å². The van der Waals surface area contributed by atoms with E-state index in [-0.39, 0.29) is 22.8 Å². The molecule has 0 saturated carbocycles. The van der Waals surface area contributed by atoms with Crippen LogP contribution in [-0.4, -0.2) is 43.1 Å². The van der Waals surface area contributed by atoms with Crippen molar-refractivity contribution in [3.8, 4) is 28.7 Å². The highest BCUT2D eigenvalue weighted by atomic mass is 16.6. The van der Waals surface area contributed by atoms with Crippen LogP contribution in [0.2, 0.25) is 0 Å². The molecule has 0 unspecified atom stereocenters. The first-order valence-corrected chi connectivity index (χ1v) is 9.61. The molecule has 7 heteroatoms. The van der Waals surface area contributed by atoms with Crippen molar-refractivity contribution in [1.29, 1.82) is 0 Å². The second-order valence-corrected chi connectivity index (χ2v) is 6.16. The van der Waals surface area contributed by atoms with Gasteiger partial charge in [-0.1, -0.05) is 40.0 Å². The summed E-state index contributed by atoms with van der Waals surface area (Å²) in [6.07, 6.45) is 4.99. The van der Waals surface area contributed by atoms with Crippen molar-refractivity contribution in [2.24, 2.45) is 0 Å². The Balaban J connectivity index is 3.47. The van der Waals surface area contributed by atoms with Gasteiger partial charge >= 0.3 is 5.97 Å². The molecule has 0 saturated heterocycles. The Kier molecular flexibility index (Phi) is 10.2. The largest absolute Gasteiger partial charge is 0.503 e. The molecule has 0 aliphatic heterocycles. The molecule has 0 bridgehead atoms. The van der Waals surface area contributed by atoms with Crippen LogP contribution in [0.25, 0.3) is 0 Å². The standard InChI is InChI=1S/C20H32O7/c1-5-8-11-25-17-14(20(23)24-4)15(21)16(22)18(26-12-9-6-2)19(17)27-13-10-7-3/h21-22H,5-13H2,1-4H3. The van der Waals surface area contributed by atoms with Gasteiger partial charge in [0.05, 0.1) is 26.9 Å². The van der Waals surface area contributed by atoms with Gasteiger partial charge in [0.1, 0.15) is 0 Å². The highest BCUT2D eigenvalue weighted by Crippen LogP contribution is 2.53. The molecule has 0 fully saturated rings. The molecule has 27 heavy (non-hydrogen) atoms. The average molecular weight is 384 g/mol. The van der Waals surface area contributed by atoms with Crippen LogP contribution in [0.5, 0.6) is 28.7 Å². The van der Waals surface area contributed by atoms with Gasteiger partial charge in [0.25, 0.3) is 0 Å². The molecule has 0 aromatic heterocycles. The molecule has 0 heterocycles. The molecule has 2 N–H and O–H groups in total. The van der Waals surface area contributed by atoms with Crippen LogP contribution in [0.15, 0.2) is 0 Å². The fraction of sp³-hybridized carbons (Fsp3) is 0.650. The summed E-state index contributed by atoms with van der Waals surface area (Å²) in [7, 11) is 1.19. The average Bonchev–Trinajstić information content (AvgIpc) is 2.67. The van der Waals surface area contributed by atoms with Crippen LogP contribution in [0, 0.1) is 0 Å². The number of esters is 1. The van der Waals surface area contributed by atoms with Crippen LogP contribution in [-0.2, 0) is 4.74 Å². The molecule has 7 nitrogen and oxygen atoms in total. The minimum absolute atomic E-state index is 0.0174. The van der Waals surface area contributed by atoms with E-state index in [2.05, 4.69) is 0 Å². The fourth-order valence-corrected chi connectivity index (χ4v) is 2.31. The first-order valence-electron chi connectivity index (χ1n) is 9.61. The Labute approximate surface area is 161 Å². The number of benzene rings is 1.